The molecule has 0 atom stereocenters. The molecule has 3 aromatic rings. The molecule has 2 aromatic carbocycles. The number of rotatable bonds is 7. The first kappa shape index (κ1) is 18.9. The van der Waals surface area contributed by atoms with Crippen molar-refractivity contribution in [3.05, 3.63) is 65.9 Å². The van der Waals surface area contributed by atoms with E-state index in [0.717, 1.165) is 5.69 Å². The Balaban J connectivity index is 1.49. The number of hydrogen-bond acceptors (Lipinski definition) is 5. The van der Waals surface area contributed by atoms with E-state index < -0.39 is 0 Å². The maximum Gasteiger partial charge on any atom is 0.243 e. The third-order valence-corrected chi connectivity index (χ3v) is 4.62. The summed E-state index contributed by atoms with van der Waals surface area (Å²) in [5, 5.41) is 14.3. The van der Waals surface area contributed by atoms with Crippen molar-refractivity contribution in [1.29, 1.82) is 0 Å². The summed E-state index contributed by atoms with van der Waals surface area (Å²) in [5.41, 5.74) is 1.48. The minimum Gasteiger partial charge on any atom is -0.346 e. The van der Waals surface area contributed by atoms with Gasteiger partial charge in [0.05, 0.1) is 18.0 Å². The average Bonchev–Trinajstić information content (AvgIpc) is 3.14. The number of carbonyl (C=O) groups excluding carboxylic acids is 2. The lowest BCUT2D eigenvalue weighted by molar-refractivity contribution is -0.122. The molecule has 0 bridgehead atoms. The number of hydrogen-bond donors (Lipinski definition) is 2. The molecule has 7 nitrogen and oxygen atoms in total. The van der Waals surface area contributed by atoms with Gasteiger partial charge in [-0.05, 0) is 30.3 Å². The summed E-state index contributed by atoms with van der Waals surface area (Å²) in [6.07, 6.45) is 1.55. The highest BCUT2D eigenvalue weighted by atomic mass is 35.5. The average molecular weight is 402 g/mol. The number of aromatic nitrogens is 3. The van der Waals surface area contributed by atoms with Gasteiger partial charge in [0, 0.05) is 10.7 Å². The highest BCUT2D eigenvalue weighted by Gasteiger charge is 2.11. The van der Waals surface area contributed by atoms with E-state index in [9.17, 15) is 9.59 Å². The molecule has 138 valence electrons. The van der Waals surface area contributed by atoms with Crippen molar-refractivity contribution in [3.63, 3.8) is 0 Å². The summed E-state index contributed by atoms with van der Waals surface area (Å²) >= 11 is 7.23. The predicted octanol–water partition coefficient (Wildman–Crippen LogP) is 2.77. The van der Waals surface area contributed by atoms with Crippen LogP contribution in [0.25, 0.3) is 5.69 Å². The van der Waals surface area contributed by atoms with Crippen molar-refractivity contribution in [3.8, 4) is 5.69 Å². The number of amides is 2. The smallest absolute Gasteiger partial charge is 0.243 e. The third-order valence-electron chi connectivity index (χ3n) is 3.44. The molecule has 27 heavy (non-hydrogen) atoms. The molecule has 2 amide bonds. The van der Waals surface area contributed by atoms with E-state index >= 15 is 0 Å². The highest BCUT2D eigenvalue weighted by molar-refractivity contribution is 7.99. The first-order valence-corrected chi connectivity index (χ1v) is 9.38. The van der Waals surface area contributed by atoms with Gasteiger partial charge in [0.25, 0.3) is 0 Å². The minimum atomic E-state index is -0.290. The van der Waals surface area contributed by atoms with Crippen LogP contribution in [0, 0.1) is 0 Å². The normalized spacial score (nSPS) is 10.4. The topological polar surface area (TPSA) is 88.9 Å². The Morgan fingerprint density at radius 2 is 1.89 bits per heavy atom. The van der Waals surface area contributed by atoms with Gasteiger partial charge < -0.3 is 10.6 Å². The van der Waals surface area contributed by atoms with Crippen LogP contribution in [0.2, 0.25) is 5.02 Å². The zero-order chi connectivity index (χ0) is 19.1. The second-order valence-corrected chi connectivity index (χ2v) is 6.82. The van der Waals surface area contributed by atoms with E-state index in [-0.39, 0.29) is 24.1 Å². The second kappa shape index (κ2) is 9.20. The number of nitrogens with zero attached hydrogens (tertiary/aromatic N) is 3. The molecule has 1 aromatic heterocycles. The monoisotopic (exact) mass is 401 g/mol. The van der Waals surface area contributed by atoms with E-state index in [0.29, 0.717) is 15.9 Å². The van der Waals surface area contributed by atoms with Crippen molar-refractivity contribution in [2.24, 2.45) is 0 Å². The van der Waals surface area contributed by atoms with Gasteiger partial charge in [0.15, 0.2) is 5.16 Å². The Bertz CT molecular complexity index is 932. The molecule has 0 aliphatic heterocycles. The van der Waals surface area contributed by atoms with Crippen molar-refractivity contribution >= 4 is 40.9 Å². The maximum atomic E-state index is 12.0. The van der Waals surface area contributed by atoms with Gasteiger partial charge in [-0.15, -0.1) is 10.2 Å². The first-order valence-electron chi connectivity index (χ1n) is 8.02. The Kier molecular flexibility index (Phi) is 6.45. The van der Waals surface area contributed by atoms with Gasteiger partial charge >= 0.3 is 0 Å². The summed E-state index contributed by atoms with van der Waals surface area (Å²) in [4.78, 5) is 23.9. The van der Waals surface area contributed by atoms with E-state index in [2.05, 4.69) is 20.8 Å². The lowest BCUT2D eigenvalue weighted by atomic mass is 10.3. The van der Waals surface area contributed by atoms with Crippen molar-refractivity contribution in [2.45, 2.75) is 5.16 Å². The van der Waals surface area contributed by atoms with Gasteiger partial charge in [-0.1, -0.05) is 47.6 Å². The van der Waals surface area contributed by atoms with E-state index in [1.54, 1.807) is 35.2 Å². The molecule has 0 spiro atoms. The maximum absolute atomic E-state index is 12.0. The quantitative estimate of drug-likeness (QED) is 0.594. The molecule has 0 radical (unpaired) electrons. The zero-order valence-electron chi connectivity index (χ0n) is 14.1. The molecular formula is C18H16ClN5O2S. The predicted molar refractivity (Wildman–Crippen MR) is 105 cm³/mol. The standard InChI is InChI=1S/C18H16ClN5O2S/c19-13-5-4-8-15(9-13)24-12-21-23-18(24)27-11-17(26)20-10-16(25)22-14-6-2-1-3-7-14/h1-9,12H,10-11H2,(H,20,26)(H,22,25). The van der Waals surface area contributed by atoms with Crippen LogP contribution in [0.5, 0.6) is 0 Å². The number of carbonyl (C=O) groups is 2. The van der Waals surface area contributed by atoms with Crippen LogP contribution in [0.1, 0.15) is 0 Å². The number of benzene rings is 2. The SMILES string of the molecule is O=C(CSc1nncn1-c1cccc(Cl)c1)NCC(=O)Nc1ccccc1. The van der Waals surface area contributed by atoms with Gasteiger partial charge in [-0.25, -0.2) is 0 Å². The van der Waals surface area contributed by atoms with E-state index in [1.807, 2.05) is 30.3 Å². The Morgan fingerprint density at radius 3 is 2.67 bits per heavy atom. The molecule has 1 heterocycles. The molecule has 0 aliphatic rings. The lowest BCUT2D eigenvalue weighted by Crippen LogP contribution is -2.33. The van der Waals surface area contributed by atoms with Gasteiger partial charge in [0.1, 0.15) is 6.33 Å². The molecule has 0 saturated heterocycles. The fourth-order valence-corrected chi connectivity index (χ4v) is 3.16. The largest absolute Gasteiger partial charge is 0.346 e. The summed E-state index contributed by atoms with van der Waals surface area (Å²) in [6.45, 7) is -0.102. The number of nitrogens with one attached hydrogen (secondary N) is 2. The third kappa shape index (κ3) is 5.57. The van der Waals surface area contributed by atoms with Crippen molar-refractivity contribution in [1.82, 2.24) is 20.1 Å². The molecule has 9 heteroatoms. The van der Waals surface area contributed by atoms with Crippen LogP contribution < -0.4 is 10.6 Å². The number of halogens is 1. The van der Waals surface area contributed by atoms with Crippen LogP contribution in [-0.2, 0) is 9.59 Å². The van der Waals surface area contributed by atoms with E-state index in [4.69, 9.17) is 11.6 Å². The van der Waals surface area contributed by atoms with Crippen LogP contribution in [-0.4, -0.2) is 38.9 Å². The Labute approximate surface area is 165 Å². The van der Waals surface area contributed by atoms with Crippen LogP contribution in [0.4, 0.5) is 5.69 Å². The number of anilines is 1. The fourth-order valence-electron chi connectivity index (χ4n) is 2.21. The van der Waals surface area contributed by atoms with Crippen LogP contribution in [0.15, 0.2) is 66.1 Å². The van der Waals surface area contributed by atoms with Crippen LogP contribution in [0.3, 0.4) is 0 Å². The second-order valence-electron chi connectivity index (χ2n) is 5.44. The minimum absolute atomic E-state index is 0.102. The van der Waals surface area contributed by atoms with E-state index in [1.165, 1.54) is 11.8 Å². The molecule has 3 rings (SSSR count). The first-order chi connectivity index (χ1) is 13.1. The summed E-state index contributed by atoms with van der Waals surface area (Å²) < 4.78 is 1.74. The number of thioether (sulfide) groups is 1. The summed E-state index contributed by atoms with van der Waals surface area (Å²) in [6, 6.07) is 16.3. The van der Waals surface area contributed by atoms with Crippen molar-refractivity contribution < 1.29 is 9.59 Å². The highest BCUT2D eigenvalue weighted by Crippen LogP contribution is 2.21. The Hall–Kier alpha value is -2.84. The zero-order valence-corrected chi connectivity index (χ0v) is 15.7. The fraction of sp³-hybridized carbons (Fsp3) is 0.111. The summed E-state index contributed by atoms with van der Waals surface area (Å²) in [7, 11) is 0. The molecule has 0 fully saturated rings. The van der Waals surface area contributed by atoms with Gasteiger partial charge in [0.2, 0.25) is 11.8 Å². The molecule has 0 unspecified atom stereocenters. The van der Waals surface area contributed by atoms with Gasteiger partial charge in [-0.2, -0.15) is 0 Å². The van der Waals surface area contributed by atoms with Crippen LogP contribution >= 0.6 is 23.4 Å². The molecular weight excluding hydrogens is 386 g/mol. The summed E-state index contributed by atoms with van der Waals surface area (Å²) in [5.74, 6) is -0.455. The number of para-hydroxylation sites is 1. The molecule has 2 N–H and O–H groups in total. The Morgan fingerprint density at radius 1 is 1.07 bits per heavy atom. The molecule has 0 aliphatic carbocycles. The lowest BCUT2D eigenvalue weighted by Gasteiger charge is -2.08. The van der Waals surface area contributed by atoms with Crippen molar-refractivity contribution in [2.75, 3.05) is 17.6 Å². The van der Waals surface area contributed by atoms with Gasteiger partial charge in [-0.3, -0.25) is 14.2 Å². The molecule has 0 saturated carbocycles.